The Balaban J connectivity index is 2.07. The van der Waals surface area contributed by atoms with Crippen LogP contribution in [0.2, 0.25) is 0 Å². The molecule has 0 aliphatic rings. The summed E-state index contributed by atoms with van der Waals surface area (Å²) >= 11 is 5.12. The summed E-state index contributed by atoms with van der Waals surface area (Å²) in [5.74, 6) is 0. The molecule has 8 heteroatoms. The van der Waals surface area contributed by atoms with Gasteiger partial charge in [0, 0.05) is 24.3 Å². The number of aromatic nitrogens is 2. The van der Waals surface area contributed by atoms with Crippen LogP contribution in [0.5, 0.6) is 0 Å². The van der Waals surface area contributed by atoms with Crippen LogP contribution >= 0.6 is 12.2 Å². The summed E-state index contributed by atoms with van der Waals surface area (Å²) in [6.07, 6.45) is -4.44. The Labute approximate surface area is 144 Å². The van der Waals surface area contributed by atoms with E-state index in [2.05, 4.69) is 15.7 Å². The number of nitrogens with one attached hydrogen (secondary N) is 2. The van der Waals surface area contributed by atoms with Crippen molar-refractivity contribution in [3.05, 3.63) is 46.8 Å². The van der Waals surface area contributed by atoms with Crippen LogP contribution in [0.4, 0.5) is 18.9 Å². The number of rotatable bonds is 4. The maximum absolute atomic E-state index is 13.0. The second-order valence-electron chi connectivity index (χ2n) is 5.32. The van der Waals surface area contributed by atoms with Gasteiger partial charge in [0.15, 0.2) is 5.11 Å². The molecule has 4 nitrogen and oxygen atoms in total. The molecule has 0 aliphatic carbocycles. The van der Waals surface area contributed by atoms with Gasteiger partial charge in [-0.3, -0.25) is 4.68 Å². The zero-order chi connectivity index (χ0) is 17.9. The zero-order valence-corrected chi connectivity index (χ0v) is 14.5. The fourth-order valence-electron chi connectivity index (χ4n) is 2.47. The molecule has 0 aliphatic heterocycles. The molecule has 1 heterocycles. The van der Waals surface area contributed by atoms with E-state index in [1.807, 2.05) is 25.5 Å². The number of alkyl halides is 3. The maximum Gasteiger partial charge on any atom is 0.418 e. The molecule has 1 aromatic carbocycles. The lowest BCUT2D eigenvalue weighted by Gasteiger charge is -2.16. The molecule has 2 rings (SSSR count). The molecule has 0 radical (unpaired) electrons. The maximum atomic E-state index is 13.0. The highest BCUT2D eigenvalue weighted by Gasteiger charge is 2.33. The molecule has 0 saturated heterocycles. The van der Waals surface area contributed by atoms with Gasteiger partial charge in [0.2, 0.25) is 0 Å². The third kappa shape index (κ3) is 4.05. The van der Waals surface area contributed by atoms with Gasteiger partial charge in [-0.2, -0.15) is 18.3 Å². The second kappa shape index (κ2) is 7.21. The van der Waals surface area contributed by atoms with Gasteiger partial charge in [-0.05, 0) is 45.1 Å². The average Bonchev–Trinajstić information content (AvgIpc) is 2.78. The molecule has 0 unspecified atom stereocenters. The van der Waals surface area contributed by atoms with Gasteiger partial charge in [0.25, 0.3) is 0 Å². The largest absolute Gasteiger partial charge is 0.418 e. The fraction of sp³-hybridized carbons (Fsp3) is 0.375. The van der Waals surface area contributed by atoms with E-state index >= 15 is 0 Å². The summed E-state index contributed by atoms with van der Waals surface area (Å²) in [4.78, 5) is 0. The van der Waals surface area contributed by atoms with Crippen molar-refractivity contribution in [2.45, 2.75) is 40.0 Å². The molecule has 0 amide bonds. The second-order valence-corrected chi connectivity index (χ2v) is 5.72. The molecular formula is C16H19F3N4S. The predicted molar refractivity (Wildman–Crippen MR) is 91.9 cm³/mol. The molecule has 130 valence electrons. The highest BCUT2D eigenvalue weighted by atomic mass is 32.1. The van der Waals surface area contributed by atoms with Crippen LogP contribution in [0.25, 0.3) is 0 Å². The summed E-state index contributed by atoms with van der Waals surface area (Å²) < 4.78 is 40.8. The molecular weight excluding hydrogens is 337 g/mol. The number of hydrogen-bond acceptors (Lipinski definition) is 2. The quantitative estimate of drug-likeness (QED) is 0.812. The Hall–Kier alpha value is -2.09. The van der Waals surface area contributed by atoms with Crippen molar-refractivity contribution in [3.63, 3.8) is 0 Å². The van der Waals surface area contributed by atoms with E-state index in [0.717, 1.165) is 29.6 Å². The van der Waals surface area contributed by atoms with Gasteiger partial charge in [-0.1, -0.05) is 12.1 Å². The van der Waals surface area contributed by atoms with E-state index in [1.165, 1.54) is 18.2 Å². The molecule has 2 aromatic rings. The average molecular weight is 356 g/mol. The van der Waals surface area contributed by atoms with Crippen molar-refractivity contribution in [1.82, 2.24) is 15.1 Å². The zero-order valence-electron chi connectivity index (χ0n) is 13.7. The lowest BCUT2D eigenvalue weighted by Crippen LogP contribution is -2.29. The van der Waals surface area contributed by atoms with E-state index in [1.54, 1.807) is 0 Å². The molecule has 0 saturated carbocycles. The molecule has 0 spiro atoms. The van der Waals surface area contributed by atoms with Crippen LogP contribution in [0.3, 0.4) is 0 Å². The third-order valence-electron chi connectivity index (χ3n) is 3.74. The minimum absolute atomic E-state index is 0.0693. The van der Waals surface area contributed by atoms with Crippen LogP contribution < -0.4 is 10.6 Å². The first-order valence-corrected chi connectivity index (χ1v) is 7.88. The van der Waals surface area contributed by atoms with E-state index in [9.17, 15) is 13.2 Å². The number of nitrogens with zero attached hydrogens (tertiary/aromatic N) is 2. The van der Waals surface area contributed by atoms with Crippen LogP contribution in [0.1, 0.15) is 29.4 Å². The Morgan fingerprint density at radius 2 is 1.92 bits per heavy atom. The monoisotopic (exact) mass is 356 g/mol. The van der Waals surface area contributed by atoms with Gasteiger partial charge in [0.1, 0.15) is 0 Å². The van der Waals surface area contributed by atoms with Crippen molar-refractivity contribution in [2.24, 2.45) is 0 Å². The Kier molecular flexibility index (Phi) is 5.48. The number of anilines is 1. The lowest BCUT2D eigenvalue weighted by atomic mass is 10.1. The number of hydrogen-bond donors (Lipinski definition) is 2. The first-order chi connectivity index (χ1) is 11.2. The summed E-state index contributed by atoms with van der Waals surface area (Å²) in [7, 11) is 0. The van der Waals surface area contributed by atoms with Crippen molar-refractivity contribution in [1.29, 1.82) is 0 Å². The van der Waals surface area contributed by atoms with E-state index in [4.69, 9.17) is 12.2 Å². The third-order valence-corrected chi connectivity index (χ3v) is 3.98. The normalized spacial score (nSPS) is 11.4. The minimum atomic E-state index is -4.44. The predicted octanol–water partition coefficient (Wildman–Crippen LogP) is 4.03. The van der Waals surface area contributed by atoms with Gasteiger partial charge in [-0.25, -0.2) is 0 Å². The number of aryl methyl sites for hydroxylation is 2. The first kappa shape index (κ1) is 18.3. The molecule has 0 bridgehead atoms. The van der Waals surface area contributed by atoms with Crippen LogP contribution in [0, 0.1) is 13.8 Å². The summed E-state index contributed by atoms with van der Waals surface area (Å²) in [6, 6.07) is 5.24. The first-order valence-electron chi connectivity index (χ1n) is 7.48. The van der Waals surface area contributed by atoms with Crippen molar-refractivity contribution < 1.29 is 13.2 Å². The fourth-order valence-corrected chi connectivity index (χ4v) is 2.65. The number of halogens is 3. The molecule has 24 heavy (non-hydrogen) atoms. The van der Waals surface area contributed by atoms with Crippen molar-refractivity contribution in [2.75, 3.05) is 5.32 Å². The molecule has 0 fully saturated rings. The van der Waals surface area contributed by atoms with Crippen molar-refractivity contribution >= 4 is 23.0 Å². The number of para-hydroxylation sites is 1. The standard InChI is InChI=1S/C16H19F3N4S/c1-4-23-11(3)12(10(2)22-23)9-20-15(24)21-14-8-6-5-7-13(14)16(17,18)19/h5-8H,4,9H2,1-3H3,(H2,20,21,24). The summed E-state index contributed by atoms with van der Waals surface area (Å²) in [5.41, 5.74) is 2.06. The van der Waals surface area contributed by atoms with Crippen LogP contribution in [-0.4, -0.2) is 14.9 Å². The lowest BCUT2D eigenvalue weighted by molar-refractivity contribution is -0.136. The summed E-state index contributed by atoms with van der Waals surface area (Å²) in [5, 5.41) is 10.1. The molecule has 0 atom stereocenters. The van der Waals surface area contributed by atoms with Crippen LogP contribution in [-0.2, 0) is 19.3 Å². The Morgan fingerprint density at radius 1 is 1.25 bits per heavy atom. The van der Waals surface area contributed by atoms with Gasteiger partial charge >= 0.3 is 6.18 Å². The highest BCUT2D eigenvalue weighted by molar-refractivity contribution is 7.80. The minimum Gasteiger partial charge on any atom is -0.358 e. The van der Waals surface area contributed by atoms with Gasteiger partial charge < -0.3 is 10.6 Å². The Morgan fingerprint density at radius 3 is 2.50 bits per heavy atom. The molecule has 1 aromatic heterocycles. The smallest absolute Gasteiger partial charge is 0.358 e. The topological polar surface area (TPSA) is 41.9 Å². The SMILES string of the molecule is CCn1nc(C)c(CNC(=S)Nc2ccccc2C(F)(F)F)c1C. The molecule has 2 N–H and O–H groups in total. The number of benzene rings is 1. The van der Waals surface area contributed by atoms with Crippen molar-refractivity contribution in [3.8, 4) is 0 Å². The Bertz CT molecular complexity index is 737. The van der Waals surface area contributed by atoms with E-state index in [-0.39, 0.29) is 10.8 Å². The van der Waals surface area contributed by atoms with E-state index in [0.29, 0.717) is 6.54 Å². The highest BCUT2D eigenvalue weighted by Crippen LogP contribution is 2.34. The van der Waals surface area contributed by atoms with Gasteiger partial charge in [0.05, 0.1) is 16.9 Å². The van der Waals surface area contributed by atoms with Gasteiger partial charge in [-0.15, -0.1) is 0 Å². The van der Waals surface area contributed by atoms with Crippen LogP contribution in [0.15, 0.2) is 24.3 Å². The van der Waals surface area contributed by atoms with E-state index < -0.39 is 11.7 Å². The summed E-state index contributed by atoms with van der Waals surface area (Å²) in [6.45, 7) is 7.00. The number of thiocarbonyl (C=S) groups is 1.